The van der Waals surface area contributed by atoms with E-state index in [4.69, 9.17) is 17.3 Å². The Morgan fingerprint density at radius 3 is 2.44 bits per heavy atom. The minimum Gasteiger partial charge on any atom is -0.330 e. The molecule has 0 unspecified atom stereocenters. The van der Waals surface area contributed by atoms with Crippen LogP contribution in [0.4, 0.5) is 0 Å². The highest BCUT2D eigenvalue weighted by Gasteiger charge is 2.39. The number of halogens is 1. The van der Waals surface area contributed by atoms with E-state index >= 15 is 0 Å². The fourth-order valence-electron chi connectivity index (χ4n) is 1.17. The zero-order valence-corrected chi connectivity index (χ0v) is 6.45. The molecule has 1 aliphatic rings. The third kappa shape index (κ3) is 1.84. The SMILES string of the molecule is NCC1(CCCCl)CC1. The second-order valence-electron chi connectivity index (χ2n) is 3.00. The summed E-state index contributed by atoms with van der Waals surface area (Å²) >= 11 is 5.55. The van der Waals surface area contributed by atoms with E-state index in [0.717, 1.165) is 18.8 Å². The summed E-state index contributed by atoms with van der Waals surface area (Å²) in [5.74, 6) is 0.793. The van der Waals surface area contributed by atoms with Crippen molar-refractivity contribution in [1.29, 1.82) is 0 Å². The van der Waals surface area contributed by atoms with Gasteiger partial charge in [0.25, 0.3) is 0 Å². The van der Waals surface area contributed by atoms with Crippen LogP contribution < -0.4 is 5.73 Å². The fraction of sp³-hybridized carbons (Fsp3) is 1.00. The van der Waals surface area contributed by atoms with E-state index in [-0.39, 0.29) is 0 Å². The molecule has 2 heteroatoms. The van der Waals surface area contributed by atoms with Crippen molar-refractivity contribution < 1.29 is 0 Å². The molecule has 0 amide bonds. The van der Waals surface area contributed by atoms with Crippen LogP contribution in [0.2, 0.25) is 0 Å². The van der Waals surface area contributed by atoms with Gasteiger partial charge in [0.2, 0.25) is 0 Å². The molecule has 0 spiro atoms. The van der Waals surface area contributed by atoms with Gasteiger partial charge in [-0.3, -0.25) is 0 Å². The summed E-state index contributed by atoms with van der Waals surface area (Å²) in [6.07, 6.45) is 5.05. The first-order valence-corrected chi connectivity index (χ1v) is 4.12. The second-order valence-corrected chi connectivity index (χ2v) is 3.37. The normalized spacial score (nSPS) is 22.0. The third-order valence-corrected chi connectivity index (χ3v) is 2.50. The lowest BCUT2D eigenvalue weighted by Gasteiger charge is -2.08. The average Bonchev–Trinajstić information content (AvgIpc) is 2.65. The molecule has 1 rings (SSSR count). The number of nitrogens with two attached hydrogens (primary N) is 1. The molecule has 0 aliphatic heterocycles. The van der Waals surface area contributed by atoms with Crippen LogP contribution >= 0.6 is 11.6 Å². The van der Waals surface area contributed by atoms with Crippen LogP contribution in [0.15, 0.2) is 0 Å². The first kappa shape index (κ1) is 7.36. The van der Waals surface area contributed by atoms with Crippen LogP contribution in [-0.2, 0) is 0 Å². The van der Waals surface area contributed by atoms with Crippen molar-refractivity contribution in [2.24, 2.45) is 11.1 Å². The van der Waals surface area contributed by atoms with Gasteiger partial charge in [-0.05, 0) is 37.6 Å². The van der Waals surface area contributed by atoms with Crippen LogP contribution in [0.1, 0.15) is 25.7 Å². The van der Waals surface area contributed by atoms with Crippen molar-refractivity contribution in [3.8, 4) is 0 Å². The molecule has 1 aliphatic carbocycles. The molecule has 2 N–H and O–H groups in total. The molecule has 0 bridgehead atoms. The van der Waals surface area contributed by atoms with Crippen LogP contribution in [0.3, 0.4) is 0 Å². The maximum atomic E-state index is 5.57. The van der Waals surface area contributed by atoms with Crippen LogP contribution in [0.25, 0.3) is 0 Å². The van der Waals surface area contributed by atoms with E-state index < -0.39 is 0 Å². The number of rotatable bonds is 4. The van der Waals surface area contributed by atoms with Gasteiger partial charge in [0.15, 0.2) is 0 Å². The molecule has 1 nitrogen and oxygen atoms in total. The predicted molar refractivity (Wildman–Crippen MR) is 40.7 cm³/mol. The van der Waals surface area contributed by atoms with Gasteiger partial charge in [0.1, 0.15) is 0 Å². The predicted octanol–water partition coefficient (Wildman–Crippen LogP) is 1.74. The van der Waals surface area contributed by atoms with Crippen LogP contribution in [0, 0.1) is 5.41 Å². The maximum absolute atomic E-state index is 5.57. The Morgan fingerprint density at radius 2 is 2.11 bits per heavy atom. The van der Waals surface area contributed by atoms with Crippen molar-refractivity contribution in [1.82, 2.24) is 0 Å². The average molecular weight is 148 g/mol. The van der Waals surface area contributed by atoms with Crippen molar-refractivity contribution in [2.45, 2.75) is 25.7 Å². The highest BCUT2D eigenvalue weighted by Crippen LogP contribution is 2.48. The van der Waals surface area contributed by atoms with E-state index in [1.54, 1.807) is 0 Å². The lowest BCUT2D eigenvalue weighted by molar-refractivity contribution is 0.473. The molecule has 0 radical (unpaired) electrons. The Bertz CT molecular complexity index is 88.9. The Hall–Kier alpha value is 0.250. The van der Waals surface area contributed by atoms with Crippen molar-refractivity contribution in [2.75, 3.05) is 12.4 Å². The smallest absolute Gasteiger partial charge is 0.0223 e. The summed E-state index contributed by atoms with van der Waals surface area (Å²) in [4.78, 5) is 0. The van der Waals surface area contributed by atoms with E-state index in [2.05, 4.69) is 0 Å². The molecule has 0 heterocycles. The molecule has 0 aromatic carbocycles. The summed E-state index contributed by atoms with van der Waals surface area (Å²) in [7, 11) is 0. The molecule has 9 heavy (non-hydrogen) atoms. The van der Waals surface area contributed by atoms with Crippen LogP contribution in [0.5, 0.6) is 0 Å². The van der Waals surface area contributed by atoms with Gasteiger partial charge in [0, 0.05) is 5.88 Å². The molecule has 0 atom stereocenters. The minimum atomic E-state index is 0.537. The highest BCUT2D eigenvalue weighted by atomic mass is 35.5. The first-order chi connectivity index (χ1) is 4.33. The molecule has 54 valence electrons. The van der Waals surface area contributed by atoms with Crippen molar-refractivity contribution in [3.63, 3.8) is 0 Å². The van der Waals surface area contributed by atoms with E-state index in [0.29, 0.717) is 5.41 Å². The van der Waals surface area contributed by atoms with Gasteiger partial charge >= 0.3 is 0 Å². The molecule has 0 aromatic heterocycles. The quantitative estimate of drug-likeness (QED) is 0.603. The fourth-order valence-corrected chi connectivity index (χ4v) is 1.31. The summed E-state index contributed by atoms with van der Waals surface area (Å²) in [6, 6.07) is 0. The van der Waals surface area contributed by atoms with Crippen molar-refractivity contribution >= 4 is 11.6 Å². The Kier molecular flexibility index (Phi) is 2.36. The zero-order chi connectivity index (χ0) is 6.74. The van der Waals surface area contributed by atoms with Gasteiger partial charge < -0.3 is 5.73 Å². The largest absolute Gasteiger partial charge is 0.330 e. The summed E-state index contributed by atoms with van der Waals surface area (Å²) < 4.78 is 0. The first-order valence-electron chi connectivity index (χ1n) is 3.59. The third-order valence-electron chi connectivity index (χ3n) is 2.23. The van der Waals surface area contributed by atoms with Crippen LogP contribution in [-0.4, -0.2) is 12.4 Å². The highest BCUT2D eigenvalue weighted by molar-refractivity contribution is 6.17. The Morgan fingerprint density at radius 1 is 1.44 bits per heavy atom. The lowest BCUT2D eigenvalue weighted by Crippen LogP contribution is -2.15. The molecule has 1 saturated carbocycles. The second kappa shape index (κ2) is 2.89. The summed E-state index contributed by atoms with van der Waals surface area (Å²) in [5.41, 5.74) is 6.10. The van der Waals surface area contributed by atoms with Crippen molar-refractivity contribution in [3.05, 3.63) is 0 Å². The lowest BCUT2D eigenvalue weighted by atomic mass is 10.0. The molecule has 0 saturated heterocycles. The van der Waals surface area contributed by atoms with E-state index in [1.807, 2.05) is 0 Å². The van der Waals surface area contributed by atoms with Gasteiger partial charge in [-0.2, -0.15) is 0 Å². The van der Waals surface area contributed by atoms with E-state index in [9.17, 15) is 0 Å². The minimum absolute atomic E-state index is 0.537. The molecular formula is C7H14ClN. The topological polar surface area (TPSA) is 26.0 Å². The van der Waals surface area contributed by atoms with Gasteiger partial charge in [-0.25, -0.2) is 0 Å². The summed E-state index contributed by atoms with van der Waals surface area (Å²) in [5, 5.41) is 0. The van der Waals surface area contributed by atoms with Gasteiger partial charge in [0.05, 0.1) is 0 Å². The summed E-state index contributed by atoms with van der Waals surface area (Å²) in [6.45, 7) is 0.865. The molecular weight excluding hydrogens is 134 g/mol. The number of hydrogen-bond donors (Lipinski definition) is 1. The maximum Gasteiger partial charge on any atom is 0.0223 e. The monoisotopic (exact) mass is 147 g/mol. The zero-order valence-electron chi connectivity index (χ0n) is 5.70. The number of alkyl halides is 1. The standard InChI is InChI=1S/C7H14ClN/c8-5-1-2-7(6-9)3-4-7/h1-6,9H2. The Balaban J connectivity index is 2.10. The number of hydrogen-bond acceptors (Lipinski definition) is 1. The van der Waals surface area contributed by atoms with E-state index in [1.165, 1.54) is 19.3 Å². The van der Waals surface area contributed by atoms with Gasteiger partial charge in [-0.15, -0.1) is 11.6 Å². The van der Waals surface area contributed by atoms with Gasteiger partial charge in [-0.1, -0.05) is 0 Å². The molecule has 0 aromatic rings. The molecule has 1 fully saturated rings. The Labute approximate surface area is 61.6 Å².